The Balaban J connectivity index is 2.22. The Morgan fingerprint density at radius 1 is 1.50 bits per heavy atom. The molecule has 0 aliphatic rings. The maximum Gasteiger partial charge on any atom is 0.0992 e. The van der Waals surface area contributed by atoms with Crippen LogP contribution >= 0.6 is 27.3 Å². The summed E-state index contributed by atoms with van der Waals surface area (Å²) in [7, 11) is 2.03. The standard InChI is InChI=1S/C13H12BrN3S/c1-9-13(18-8-16-9)7-17(2)12-4-3-10(6-15)5-11(12)14/h3-5,8H,7H2,1-2H3. The van der Waals surface area contributed by atoms with Crippen LogP contribution in [0.1, 0.15) is 16.1 Å². The van der Waals surface area contributed by atoms with Gasteiger partial charge >= 0.3 is 0 Å². The van der Waals surface area contributed by atoms with E-state index in [1.54, 1.807) is 11.3 Å². The molecule has 1 heterocycles. The summed E-state index contributed by atoms with van der Waals surface area (Å²) in [5.74, 6) is 0. The van der Waals surface area contributed by atoms with E-state index in [4.69, 9.17) is 5.26 Å². The maximum atomic E-state index is 8.84. The van der Waals surface area contributed by atoms with Crippen LogP contribution in [0.5, 0.6) is 0 Å². The number of rotatable bonds is 3. The highest BCUT2D eigenvalue weighted by Crippen LogP contribution is 2.28. The Morgan fingerprint density at radius 3 is 2.83 bits per heavy atom. The number of anilines is 1. The highest BCUT2D eigenvalue weighted by atomic mass is 79.9. The second kappa shape index (κ2) is 5.51. The van der Waals surface area contributed by atoms with Crippen LogP contribution in [0.15, 0.2) is 28.2 Å². The number of benzene rings is 1. The molecule has 1 aromatic carbocycles. The summed E-state index contributed by atoms with van der Waals surface area (Å²) in [4.78, 5) is 7.65. The van der Waals surface area contributed by atoms with Gasteiger partial charge in [0.15, 0.2) is 0 Å². The lowest BCUT2D eigenvalue weighted by molar-refractivity contribution is 0.923. The number of nitriles is 1. The van der Waals surface area contributed by atoms with Gasteiger partial charge in [0, 0.05) is 16.4 Å². The van der Waals surface area contributed by atoms with Crippen molar-refractivity contribution >= 4 is 33.0 Å². The summed E-state index contributed by atoms with van der Waals surface area (Å²) in [6, 6.07) is 7.76. The molecular weight excluding hydrogens is 310 g/mol. The third kappa shape index (κ3) is 2.71. The van der Waals surface area contributed by atoms with E-state index in [1.165, 1.54) is 4.88 Å². The third-order valence-corrected chi connectivity index (χ3v) is 4.27. The lowest BCUT2D eigenvalue weighted by Crippen LogP contribution is -2.16. The first-order valence-electron chi connectivity index (χ1n) is 5.41. The van der Waals surface area contributed by atoms with E-state index in [0.29, 0.717) is 5.56 Å². The number of nitrogens with zero attached hydrogens (tertiary/aromatic N) is 3. The second-order valence-electron chi connectivity index (χ2n) is 4.00. The largest absolute Gasteiger partial charge is 0.368 e. The molecule has 0 radical (unpaired) electrons. The molecule has 0 saturated carbocycles. The first-order chi connectivity index (χ1) is 8.61. The summed E-state index contributed by atoms with van der Waals surface area (Å²) in [5.41, 5.74) is 4.68. The first kappa shape index (κ1) is 13.1. The molecule has 5 heteroatoms. The fraction of sp³-hybridized carbons (Fsp3) is 0.231. The number of aromatic nitrogens is 1. The zero-order valence-electron chi connectivity index (χ0n) is 10.1. The highest BCUT2D eigenvalue weighted by molar-refractivity contribution is 9.10. The molecule has 3 nitrogen and oxygen atoms in total. The number of hydrogen-bond acceptors (Lipinski definition) is 4. The Kier molecular flexibility index (Phi) is 4.00. The molecule has 0 bridgehead atoms. The molecule has 1 aromatic heterocycles. The molecule has 18 heavy (non-hydrogen) atoms. The average molecular weight is 322 g/mol. The minimum absolute atomic E-state index is 0.660. The minimum Gasteiger partial charge on any atom is -0.368 e. The van der Waals surface area contributed by atoms with Gasteiger partial charge < -0.3 is 4.90 Å². The second-order valence-corrected chi connectivity index (χ2v) is 5.79. The molecule has 0 amide bonds. The number of thiazole rings is 1. The van der Waals surface area contributed by atoms with Gasteiger partial charge in [0.1, 0.15) is 0 Å². The van der Waals surface area contributed by atoms with Gasteiger partial charge in [-0.15, -0.1) is 11.3 Å². The Labute approximate surface area is 119 Å². The summed E-state index contributed by atoms with van der Waals surface area (Å²) < 4.78 is 0.936. The van der Waals surface area contributed by atoms with Crippen molar-refractivity contribution in [1.82, 2.24) is 4.98 Å². The third-order valence-electron chi connectivity index (χ3n) is 2.71. The topological polar surface area (TPSA) is 39.9 Å². The van der Waals surface area contributed by atoms with Crippen molar-refractivity contribution in [2.24, 2.45) is 0 Å². The maximum absolute atomic E-state index is 8.84. The molecule has 0 N–H and O–H groups in total. The van der Waals surface area contributed by atoms with E-state index in [0.717, 1.165) is 22.4 Å². The van der Waals surface area contributed by atoms with E-state index in [-0.39, 0.29) is 0 Å². The first-order valence-corrected chi connectivity index (χ1v) is 7.09. The smallest absolute Gasteiger partial charge is 0.0992 e. The van der Waals surface area contributed by atoms with Crippen LogP contribution in [0, 0.1) is 18.3 Å². The monoisotopic (exact) mass is 321 g/mol. The Hall–Kier alpha value is -1.38. The predicted molar refractivity (Wildman–Crippen MR) is 77.8 cm³/mol. The number of aryl methyl sites for hydroxylation is 1. The number of halogens is 1. The van der Waals surface area contributed by atoms with Crippen LogP contribution in [0.3, 0.4) is 0 Å². The molecule has 0 unspecified atom stereocenters. The molecule has 2 aromatic rings. The predicted octanol–water partition coefficient (Wildman–Crippen LogP) is 3.72. The molecule has 0 aliphatic heterocycles. The van der Waals surface area contributed by atoms with Gasteiger partial charge in [0.2, 0.25) is 0 Å². The fourth-order valence-corrected chi connectivity index (χ4v) is 3.18. The quantitative estimate of drug-likeness (QED) is 0.864. The van der Waals surface area contributed by atoms with Crippen molar-refractivity contribution in [3.05, 3.63) is 44.3 Å². The zero-order chi connectivity index (χ0) is 13.1. The van der Waals surface area contributed by atoms with E-state index in [9.17, 15) is 0 Å². The normalized spacial score (nSPS) is 10.1. The van der Waals surface area contributed by atoms with E-state index in [2.05, 4.69) is 31.9 Å². The minimum atomic E-state index is 0.660. The van der Waals surface area contributed by atoms with E-state index in [1.807, 2.05) is 37.7 Å². The fourth-order valence-electron chi connectivity index (χ4n) is 1.66. The molecular formula is C13H12BrN3S. The van der Waals surface area contributed by atoms with Gasteiger partial charge in [0.05, 0.1) is 35.1 Å². The van der Waals surface area contributed by atoms with Crippen LogP contribution in [0.25, 0.3) is 0 Å². The summed E-state index contributed by atoms with van der Waals surface area (Å²) in [6.07, 6.45) is 0. The van der Waals surface area contributed by atoms with Crippen LogP contribution < -0.4 is 4.90 Å². The van der Waals surface area contributed by atoms with Crippen LogP contribution in [-0.4, -0.2) is 12.0 Å². The van der Waals surface area contributed by atoms with Crippen molar-refractivity contribution < 1.29 is 0 Å². The summed E-state index contributed by atoms with van der Waals surface area (Å²) in [5, 5.41) is 8.84. The van der Waals surface area contributed by atoms with Gasteiger partial charge in [-0.25, -0.2) is 4.98 Å². The molecule has 2 rings (SSSR count). The van der Waals surface area contributed by atoms with Gasteiger partial charge in [-0.05, 0) is 41.1 Å². The molecule has 0 spiro atoms. The van der Waals surface area contributed by atoms with Crippen molar-refractivity contribution in [2.75, 3.05) is 11.9 Å². The highest BCUT2D eigenvalue weighted by Gasteiger charge is 2.10. The Morgan fingerprint density at radius 2 is 2.28 bits per heavy atom. The zero-order valence-corrected chi connectivity index (χ0v) is 12.5. The van der Waals surface area contributed by atoms with E-state index < -0.39 is 0 Å². The molecule has 0 atom stereocenters. The average Bonchev–Trinajstić information content (AvgIpc) is 2.74. The van der Waals surface area contributed by atoms with Crippen LogP contribution in [0.4, 0.5) is 5.69 Å². The van der Waals surface area contributed by atoms with Crippen molar-refractivity contribution in [3.8, 4) is 6.07 Å². The SMILES string of the molecule is Cc1ncsc1CN(C)c1ccc(C#N)cc1Br. The van der Waals surface area contributed by atoms with Crippen molar-refractivity contribution in [3.63, 3.8) is 0 Å². The lowest BCUT2D eigenvalue weighted by atomic mass is 10.2. The van der Waals surface area contributed by atoms with Crippen molar-refractivity contribution in [1.29, 1.82) is 5.26 Å². The molecule has 92 valence electrons. The van der Waals surface area contributed by atoms with Crippen molar-refractivity contribution in [2.45, 2.75) is 13.5 Å². The van der Waals surface area contributed by atoms with Gasteiger partial charge in [-0.1, -0.05) is 0 Å². The lowest BCUT2D eigenvalue weighted by Gasteiger charge is -2.20. The molecule has 0 aliphatic carbocycles. The van der Waals surface area contributed by atoms with Crippen LogP contribution in [-0.2, 0) is 6.54 Å². The van der Waals surface area contributed by atoms with Crippen LogP contribution in [0.2, 0.25) is 0 Å². The Bertz CT molecular complexity index is 601. The van der Waals surface area contributed by atoms with Gasteiger partial charge in [0.25, 0.3) is 0 Å². The molecule has 0 fully saturated rings. The van der Waals surface area contributed by atoms with Gasteiger partial charge in [-0.2, -0.15) is 5.26 Å². The molecule has 0 saturated heterocycles. The summed E-state index contributed by atoms with van der Waals surface area (Å²) in [6.45, 7) is 2.84. The number of hydrogen-bond donors (Lipinski definition) is 0. The summed E-state index contributed by atoms with van der Waals surface area (Å²) >= 11 is 5.17. The van der Waals surface area contributed by atoms with Gasteiger partial charge in [-0.3, -0.25) is 0 Å². The van der Waals surface area contributed by atoms with E-state index >= 15 is 0 Å².